The first-order chi connectivity index (χ1) is 26.4. The van der Waals surface area contributed by atoms with Gasteiger partial charge in [0.2, 0.25) is 12.7 Å². The van der Waals surface area contributed by atoms with Crippen molar-refractivity contribution in [2.24, 2.45) is 0 Å². The van der Waals surface area contributed by atoms with Gasteiger partial charge >= 0.3 is 0 Å². The Bertz CT molecular complexity index is 1380. The Balaban J connectivity index is 0.000000181. The van der Waals surface area contributed by atoms with Gasteiger partial charge in [0.25, 0.3) is 0 Å². The number of para-hydroxylation sites is 1. The summed E-state index contributed by atoms with van der Waals surface area (Å²) in [6.45, 7) is 31.3. The summed E-state index contributed by atoms with van der Waals surface area (Å²) in [5.74, 6) is 1.59. The van der Waals surface area contributed by atoms with Crippen LogP contribution < -0.4 is 19.7 Å². The lowest BCUT2D eigenvalue weighted by atomic mass is 10.1. The summed E-state index contributed by atoms with van der Waals surface area (Å²) in [7, 11) is 0. The molecule has 3 saturated heterocycles. The van der Waals surface area contributed by atoms with Crippen molar-refractivity contribution in [1.29, 1.82) is 0 Å². The molecular weight excluding hydrogens is 685 g/mol. The summed E-state index contributed by atoms with van der Waals surface area (Å²) < 4.78 is 10.7. The van der Waals surface area contributed by atoms with Crippen molar-refractivity contribution in [3.8, 4) is 11.5 Å². The minimum Gasteiger partial charge on any atom is -0.454 e. The minimum atomic E-state index is -0.103. The molecule has 1 atom stereocenters. The third-order valence-electron chi connectivity index (χ3n) is 11.9. The van der Waals surface area contributed by atoms with E-state index in [0.717, 1.165) is 55.3 Å². The number of carbonyl (C=O) groups is 1. The molecule has 5 aliphatic rings. The molecule has 310 valence electrons. The average molecular weight is 763 g/mol. The number of rotatable bonds is 8. The lowest BCUT2D eigenvalue weighted by molar-refractivity contribution is -0.126. The van der Waals surface area contributed by atoms with Crippen molar-refractivity contribution >= 4 is 11.6 Å². The highest BCUT2D eigenvalue weighted by atomic mass is 16.7. The number of piperazine rings is 1. The number of amides is 1. The van der Waals surface area contributed by atoms with Gasteiger partial charge in [0.05, 0.1) is 6.04 Å². The molecule has 0 aromatic heterocycles. The number of nitrogens with one attached hydrogen (secondary N) is 1. The van der Waals surface area contributed by atoms with Crippen LogP contribution in [0.5, 0.6) is 11.5 Å². The highest BCUT2D eigenvalue weighted by molar-refractivity contribution is 5.81. The Morgan fingerprint density at radius 1 is 0.582 bits per heavy atom. The van der Waals surface area contributed by atoms with Crippen molar-refractivity contribution in [2.45, 2.75) is 150 Å². The number of anilines is 1. The third kappa shape index (κ3) is 14.6. The maximum absolute atomic E-state index is 12.4. The van der Waals surface area contributed by atoms with Gasteiger partial charge in [0.15, 0.2) is 11.5 Å². The molecule has 0 bridgehead atoms. The molecule has 55 heavy (non-hydrogen) atoms. The molecule has 2 aromatic rings. The molecule has 1 amide bonds. The van der Waals surface area contributed by atoms with Gasteiger partial charge < -0.3 is 29.5 Å². The van der Waals surface area contributed by atoms with Gasteiger partial charge in [-0.25, -0.2) is 0 Å². The van der Waals surface area contributed by atoms with Crippen molar-refractivity contribution in [3.05, 3.63) is 53.6 Å². The first-order valence-corrected chi connectivity index (χ1v) is 21.9. The van der Waals surface area contributed by atoms with Gasteiger partial charge in [-0.05, 0) is 150 Å². The normalized spacial score (nSPS) is 19.8. The predicted octanol–water partition coefficient (Wildman–Crippen LogP) is 8.06. The van der Waals surface area contributed by atoms with Gasteiger partial charge in [-0.3, -0.25) is 14.6 Å². The zero-order chi connectivity index (χ0) is 39.7. The monoisotopic (exact) mass is 763 g/mol. The van der Waals surface area contributed by atoms with Crippen LogP contribution in [0.1, 0.15) is 118 Å². The number of ether oxygens (including phenoxy) is 2. The lowest BCUT2D eigenvalue weighted by Gasteiger charge is -2.39. The summed E-state index contributed by atoms with van der Waals surface area (Å²) in [5, 5.41) is 3.03. The zero-order valence-electron chi connectivity index (χ0n) is 36.3. The number of hydrogen-bond acceptors (Lipinski definition) is 8. The molecule has 9 nitrogen and oxygen atoms in total. The standard InChI is InChI=1S/C18H27N3O3.C11H15N.C9H19N.C8H17N/c1-13(2)20-6-8-21(9-7-20)14(3)18(22)19-11-15-4-5-16-17(10-15)24-12-23-16;1-9(2)12-8-7-10-5-3-4-6-11(10)12;1-9(2)10-7-5-3-4-6-8-10;1-8(2)9-6-4-3-5-7-9/h4-5,10,13-14H,6-9,11-12H2,1-3H3,(H,19,22);3-6,9H,7-8H2,1-2H3;9H,3-8H2,1-2H3;8H,3-7H2,1-2H3. The van der Waals surface area contributed by atoms with Gasteiger partial charge in [-0.15, -0.1) is 0 Å². The van der Waals surface area contributed by atoms with E-state index in [2.05, 4.69) is 109 Å². The predicted molar refractivity (Wildman–Crippen MR) is 231 cm³/mol. The Hall–Kier alpha value is -2.85. The fourth-order valence-corrected chi connectivity index (χ4v) is 8.14. The van der Waals surface area contributed by atoms with Crippen molar-refractivity contribution in [1.82, 2.24) is 24.9 Å². The average Bonchev–Trinajstić information content (AvgIpc) is 3.76. The minimum absolute atomic E-state index is 0.0747. The van der Waals surface area contributed by atoms with Crippen LogP contribution in [-0.4, -0.2) is 121 Å². The van der Waals surface area contributed by atoms with Crippen LogP contribution in [0.15, 0.2) is 42.5 Å². The Morgan fingerprint density at radius 2 is 1.09 bits per heavy atom. The van der Waals surface area contributed by atoms with Crippen LogP contribution in [0.4, 0.5) is 5.69 Å². The van der Waals surface area contributed by atoms with Crippen LogP contribution in [0.3, 0.4) is 0 Å². The number of piperidine rings is 1. The van der Waals surface area contributed by atoms with E-state index in [1.54, 1.807) is 0 Å². The largest absolute Gasteiger partial charge is 0.454 e. The van der Waals surface area contributed by atoms with E-state index in [4.69, 9.17) is 9.47 Å². The Kier molecular flexibility index (Phi) is 19.1. The second kappa shape index (κ2) is 23.4. The highest BCUT2D eigenvalue weighted by Crippen LogP contribution is 2.32. The molecule has 2 aromatic carbocycles. The molecule has 0 radical (unpaired) electrons. The summed E-state index contributed by atoms with van der Waals surface area (Å²) >= 11 is 0. The maximum atomic E-state index is 12.4. The molecule has 0 spiro atoms. The SMILES string of the molecule is CC(C)N1CCCCC1.CC(C)N1CCCCCC1.CC(C)N1CCN(C(C)C(=O)NCc2ccc3c(c2)OCO3)CC1.CC(C)N1CCc2ccccc21. The lowest BCUT2D eigenvalue weighted by Crippen LogP contribution is -2.54. The molecular formula is C46H78N6O3. The number of fused-ring (bicyclic) bond motifs is 2. The third-order valence-corrected chi connectivity index (χ3v) is 11.9. The van der Waals surface area contributed by atoms with Gasteiger partial charge in [-0.2, -0.15) is 0 Å². The molecule has 0 saturated carbocycles. The Labute approximate surface area is 336 Å². The van der Waals surface area contributed by atoms with E-state index < -0.39 is 0 Å². The van der Waals surface area contributed by atoms with E-state index in [9.17, 15) is 4.79 Å². The Morgan fingerprint density at radius 3 is 1.65 bits per heavy atom. The van der Waals surface area contributed by atoms with E-state index in [1.807, 2.05) is 25.1 Å². The molecule has 5 aliphatic heterocycles. The number of benzene rings is 2. The number of likely N-dealkylation sites (tertiary alicyclic amines) is 2. The van der Waals surface area contributed by atoms with E-state index in [0.29, 0.717) is 18.6 Å². The van der Waals surface area contributed by atoms with Crippen molar-refractivity contribution in [3.63, 3.8) is 0 Å². The van der Waals surface area contributed by atoms with Crippen LogP contribution in [0.2, 0.25) is 0 Å². The van der Waals surface area contributed by atoms with Crippen LogP contribution in [-0.2, 0) is 17.8 Å². The van der Waals surface area contributed by atoms with E-state index in [-0.39, 0.29) is 18.7 Å². The summed E-state index contributed by atoms with van der Waals surface area (Å²) in [4.78, 5) is 24.8. The van der Waals surface area contributed by atoms with Crippen LogP contribution >= 0.6 is 0 Å². The molecule has 5 heterocycles. The van der Waals surface area contributed by atoms with Crippen molar-refractivity contribution in [2.75, 3.05) is 70.6 Å². The smallest absolute Gasteiger partial charge is 0.237 e. The van der Waals surface area contributed by atoms with Crippen LogP contribution in [0, 0.1) is 0 Å². The molecule has 0 aliphatic carbocycles. The molecule has 1 N–H and O–H groups in total. The number of hydrogen-bond donors (Lipinski definition) is 1. The van der Waals surface area contributed by atoms with E-state index in [1.165, 1.54) is 95.3 Å². The molecule has 1 unspecified atom stereocenters. The zero-order valence-corrected chi connectivity index (χ0v) is 36.3. The fourth-order valence-electron chi connectivity index (χ4n) is 8.14. The van der Waals surface area contributed by atoms with Crippen LogP contribution in [0.25, 0.3) is 0 Å². The maximum Gasteiger partial charge on any atom is 0.237 e. The summed E-state index contributed by atoms with van der Waals surface area (Å²) in [5.41, 5.74) is 3.96. The summed E-state index contributed by atoms with van der Waals surface area (Å²) in [6, 6.07) is 17.1. The quantitative estimate of drug-likeness (QED) is 0.290. The van der Waals surface area contributed by atoms with Crippen molar-refractivity contribution < 1.29 is 14.3 Å². The number of nitrogens with zero attached hydrogens (tertiary/aromatic N) is 5. The second-order valence-corrected chi connectivity index (χ2v) is 17.1. The highest BCUT2D eigenvalue weighted by Gasteiger charge is 2.26. The topological polar surface area (TPSA) is 63.8 Å². The van der Waals surface area contributed by atoms with E-state index >= 15 is 0 Å². The molecule has 7 rings (SSSR count). The molecule has 9 heteroatoms. The fraction of sp³-hybridized carbons (Fsp3) is 0.717. The number of carbonyl (C=O) groups excluding carboxylic acids is 1. The second-order valence-electron chi connectivity index (χ2n) is 17.1. The van der Waals surface area contributed by atoms with Gasteiger partial charge in [0.1, 0.15) is 0 Å². The first kappa shape index (κ1) is 44.9. The summed E-state index contributed by atoms with van der Waals surface area (Å²) in [6.07, 6.45) is 11.2. The van der Waals surface area contributed by atoms with Gasteiger partial charge in [0, 0.05) is 69.1 Å². The first-order valence-electron chi connectivity index (χ1n) is 21.9. The van der Waals surface area contributed by atoms with Gasteiger partial charge in [-0.1, -0.05) is 43.5 Å². The molecule has 3 fully saturated rings.